The van der Waals surface area contributed by atoms with E-state index in [4.69, 9.17) is 4.98 Å². The van der Waals surface area contributed by atoms with Crippen molar-refractivity contribution in [3.63, 3.8) is 0 Å². The molecule has 2 heterocycles. The highest BCUT2D eigenvalue weighted by molar-refractivity contribution is 7.22. The summed E-state index contributed by atoms with van der Waals surface area (Å²) in [4.78, 5) is 6.34. The molecular weight excluding hydrogens is 406 g/mol. The van der Waals surface area contributed by atoms with Gasteiger partial charge >= 0.3 is 0 Å². The second-order valence-corrected chi connectivity index (χ2v) is 11.1. The molecule has 0 N–H and O–H groups in total. The number of benzene rings is 3. The van der Waals surface area contributed by atoms with Gasteiger partial charge in [-0.2, -0.15) is 0 Å². The lowest BCUT2D eigenvalue weighted by Gasteiger charge is -2.22. The van der Waals surface area contributed by atoms with Crippen LogP contribution in [0.2, 0.25) is 0 Å². The van der Waals surface area contributed by atoms with Gasteiger partial charge in [-0.15, -0.1) is 11.3 Å². The molecule has 1 nitrogen and oxygen atoms in total. The summed E-state index contributed by atoms with van der Waals surface area (Å²) in [6.45, 7) is 9.29. The minimum absolute atomic E-state index is 0.0123. The number of fused-ring (bicyclic) bond motifs is 6. The van der Waals surface area contributed by atoms with E-state index in [-0.39, 0.29) is 5.41 Å². The third-order valence-electron chi connectivity index (χ3n) is 6.89. The Kier molecular flexibility index (Phi) is 4.32. The number of nitrogens with zero attached hydrogens (tertiary/aromatic N) is 1. The molecule has 5 aromatic rings. The standard InChI is InChI=1S/C30H27NS/c1-18(2)14-19-12-13-20-17-31-25(16-21(20)15-19)22-9-7-10-24-27(22)29-28(30(24,3)4)23-8-5-6-11-26(23)32-29/h5-13,15-18H,14H2,1-4H3. The van der Waals surface area contributed by atoms with E-state index in [1.54, 1.807) is 0 Å². The summed E-state index contributed by atoms with van der Waals surface area (Å²) in [5, 5.41) is 3.88. The minimum atomic E-state index is -0.0123. The van der Waals surface area contributed by atoms with Crippen LogP contribution in [-0.2, 0) is 11.8 Å². The van der Waals surface area contributed by atoms with Crippen LogP contribution in [0.4, 0.5) is 0 Å². The average molecular weight is 434 g/mol. The third kappa shape index (κ3) is 2.86. The third-order valence-corrected chi connectivity index (χ3v) is 8.08. The maximum absolute atomic E-state index is 4.92. The summed E-state index contributed by atoms with van der Waals surface area (Å²) in [7, 11) is 0. The molecule has 3 aromatic carbocycles. The Hall–Kier alpha value is -2.97. The van der Waals surface area contributed by atoms with Crippen LogP contribution in [0, 0.1) is 5.92 Å². The van der Waals surface area contributed by atoms with Gasteiger partial charge in [-0.3, -0.25) is 4.98 Å². The Morgan fingerprint density at radius 1 is 0.906 bits per heavy atom. The monoisotopic (exact) mass is 433 g/mol. The van der Waals surface area contributed by atoms with E-state index >= 15 is 0 Å². The summed E-state index contributed by atoms with van der Waals surface area (Å²) in [6, 6.07) is 24.7. The molecule has 0 atom stereocenters. The SMILES string of the molecule is CC(C)Cc1ccc2cnc(-c3cccc4c3-c3sc5ccccc5c3C4(C)C)cc2c1. The lowest BCUT2D eigenvalue weighted by atomic mass is 9.81. The van der Waals surface area contributed by atoms with Gasteiger partial charge in [-0.25, -0.2) is 0 Å². The first-order valence-corrected chi connectivity index (χ1v) is 12.3. The van der Waals surface area contributed by atoms with Gasteiger partial charge in [0.05, 0.1) is 5.69 Å². The molecule has 0 spiro atoms. The molecule has 1 aliphatic rings. The van der Waals surface area contributed by atoms with Gasteiger partial charge in [0.2, 0.25) is 0 Å². The number of rotatable bonds is 3. The molecule has 0 saturated heterocycles. The smallest absolute Gasteiger partial charge is 0.0715 e. The maximum Gasteiger partial charge on any atom is 0.0715 e. The quantitative estimate of drug-likeness (QED) is 0.277. The summed E-state index contributed by atoms with van der Waals surface area (Å²) in [5.74, 6) is 0.653. The molecule has 0 fully saturated rings. The van der Waals surface area contributed by atoms with E-state index < -0.39 is 0 Å². The van der Waals surface area contributed by atoms with Crippen molar-refractivity contribution in [2.24, 2.45) is 5.92 Å². The predicted molar refractivity (Wildman–Crippen MR) is 139 cm³/mol. The predicted octanol–water partition coefficient (Wildman–Crippen LogP) is 8.62. The normalized spacial score (nSPS) is 14.3. The van der Waals surface area contributed by atoms with Gasteiger partial charge in [-0.05, 0) is 51.9 Å². The topological polar surface area (TPSA) is 12.9 Å². The summed E-state index contributed by atoms with van der Waals surface area (Å²) < 4.78 is 1.37. The molecule has 2 heteroatoms. The van der Waals surface area contributed by atoms with Gasteiger partial charge in [0.15, 0.2) is 0 Å². The van der Waals surface area contributed by atoms with Gasteiger partial charge in [0.25, 0.3) is 0 Å². The van der Waals surface area contributed by atoms with E-state index in [0.717, 1.165) is 12.1 Å². The molecule has 0 radical (unpaired) electrons. The van der Waals surface area contributed by atoms with E-state index in [1.807, 2.05) is 17.5 Å². The molecule has 1 aliphatic carbocycles. The van der Waals surface area contributed by atoms with Gasteiger partial charge in [0.1, 0.15) is 0 Å². The number of hydrogen-bond donors (Lipinski definition) is 0. The van der Waals surface area contributed by atoms with Gasteiger partial charge in [0, 0.05) is 37.7 Å². The molecule has 0 saturated carbocycles. The summed E-state index contributed by atoms with van der Waals surface area (Å²) in [5.41, 5.74) is 7.96. The molecule has 2 aromatic heterocycles. The van der Waals surface area contributed by atoms with Crippen molar-refractivity contribution >= 4 is 32.2 Å². The van der Waals surface area contributed by atoms with Crippen LogP contribution < -0.4 is 0 Å². The molecule has 158 valence electrons. The first kappa shape index (κ1) is 19.7. The van der Waals surface area contributed by atoms with Gasteiger partial charge in [-0.1, -0.05) is 82.3 Å². The number of hydrogen-bond acceptors (Lipinski definition) is 2. The number of pyridine rings is 1. The van der Waals surface area contributed by atoms with Crippen LogP contribution in [0.25, 0.3) is 42.6 Å². The zero-order chi connectivity index (χ0) is 22.0. The van der Waals surface area contributed by atoms with Crippen LogP contribution in [0.3, 0.4) is 0 Å². The minimum Gasteiger partial charge on any atom is -0.256 e. The first-order chi connectivity index (χ1) is 15.4. The van der Waals surface area contributed by atoms with Crippen LogP contribution >= 0.6 is 11.3 Å². The van der Waals surface area contributed by atoms with Crippen molar-refractivity contribution in [1.82, 2.24) is 4.98 Å². The van der Waals surface area contributed by atoms with Crippen molar-refractivity contribution < 1.29 is 0 Å². The molecule has 0 amide bonds. The first-order valence-electron chi connectivity index (χ1n) is 11.5. The Balaban J connectivity index is 1.58. The molecule has 0 bridgehead atoms. The molecular formula is C30H27NS. The largest absolute Gasteiger partial charge is 0.256 e. The highest BCUT2D eigenvalue weighted by atomic mass is 32.1. The van der Waals surface area contributed by atoms with E-state index in [0.29, 0.717) is 5.92 Å². The molecule has 6 rings (SSSR count). The number of thiophene rings is 1. The van der Waals surface area contributed by atoms with Crippen LogP contribution in [-0.4, -0.2) is 4.98 Å². The van der Waals surface area contributed by atoms with Crippen molar-refractivity contribution in [2.45, 2.75) is 39.5 Å². The average Bonchev–Trinajstić information content (AvgIpc) is 3.27. The second-order valence-electron chi connectivity index (χ2n) is 10.0. The van der Waals surface area contributed by atoms with Crippen LogP contribution in [0.5, 0.6) is 0 Å². The highest BCUT2D eigenvalue weighted by Gasteiger charge is 2.40. The molecule has 0 unspecified atom stereocenters. The van der Waals surface area contributed by atoms with Crippen LogP contribution in [0.15, 0.2) is 72.9 Å². The Labute approximate surface area is 193 Å². The molecule has 0 aliphatic heterocycles. The Morgan fingerprint density at radius 3 is 2.59 bits per heavy atom. The van der Waals surface area contributed by atoms with Crippen molar-refractivity contribution in [1.29, 1.82) is 0 Å². The lowest BCUT2D eigenvalue weighted by Crippen LogP contribution is -2.14. The lowest BCUT2D eigenvalue weighted by molar-refractivity contribution is 0.648. The fraction of sp³-hybridized carbons (Fsp3) is 0.233. The highest BCUT2D eigenvalue weighted by Crippen LogP contribution is 2.57. The summed E-state index contributed by atoms with van der Waals surface area (Å²) >= 11 is 1.93. The number of aromatic nitrogens is 1. The second kappa shape index (κ2) is 7.02. The van der Waals surface area contributed by atoms with E-state index in [2.05, 4.69) is 94.4 Å². The van der Waals surface area contributed by atoms with Crippen molar-refractivity contribution in [2.75, 3.05) is 0 Å². The maximum atomic E-state index is 4.92. The van der Waals surface area contributed by atoms with Crippen molar-refractivity contribution in [3.05, 3.63) is 89.6 Å². The molecule has 32 heavy (non-hydrogen) atoms. The summed E-state index contributed by atoms with van der Waals surface area (Å²) in [6.07, 6.45) is 3.14. The zero-order valence-corrected chi connectivity index (χ0v) is 19.9. The fourth-order valence-corrected chi connectivity index (χ4v) is 6.88. The Morgan fingerprint density at radius 2 is 1.75 bits per heavy atom. The van der Waals surface area contributed by atoms with Gasteiger partial charge < -0.3 is 0 Å². The van der Waals surface area contributed by atoms with Crippen molar-refractivity contribution in [3.8, 4) is 21.7 Å². The zero-order valence-electron chi connectivity index (χ0n) is 19.1. The Bertz CT molecular complexity index is 1500. The van der Waals surface area contributed by atoms with E-state index in [9.17, 15) is 0 Å². The van der Waals surface area contributed by atoms with Crippen LogP contribution in [0.1, 0.15) is 44.4 Å². The fourth-order valence-electron chi connectivity index (χ4n) is 5.44. The van der Waals surface area contributed by atoms with E-state index in [1.165, 1.54) is 53.6 Å².